The predicted octanol–water partition coefficient (Wildman–Crippen LogP) is 2.51. The Bertz CT molecular complexity index is 762. The van der Waals surface area contributed by atoms with Crippen LogP contribution in [0, 0.1) is 0 Å². The molecule has 0 aliphatic carbocycles. The van der Waals surface area contributed by atoms with E-state index < -0.39 is 10.0 Å². The smallest absolute Gasteiger partial charge is 0.266 e. The van der Waals surface area contributed by atoms with Gasteiger partial charge < -0.3 is 4.90 Å². The third kappa shape index (κ3) is 2.43. The topological polar surface area (TPSA) is 53.5 Å². The van der Waals surface area contributed by atoms with E-state index >= 15 is 0 Å². The molecule has 6 heteroatoms. The number of aromatic nitrogens is 1. The second kappa shape index (κ2) is 5.61. The summed E-state index contributed by atoms with van der Waals surface area (Å²) >= 11 is 0. The van der Waals surface area contributed by atoms with Crippen LogP contribution in [0.4, 0.5) is 11.4 Å². The number of nitrogens with zero attached hydrogens (tertiary/aromatic N) is 3. The minimum Gasteiger partial charge on any atom is -0.373 e. The summed E-state index contributed by atoms with van der Waals surface area (Å²) in [6.45, 7) is 2.76. The van der Waals surface area contributed by atoms with Gasteiger partial charge in [0.25, 0.3) is 10.0 Å². The van der Waals surface area contributed by atoms with Crippen molar-refractivity contribution in [3.63, 3.8) is 0 Å². The van der Waals surface area contributed by atoms with Crippen LogP contribution in [0.5, 0.6) is 0 Å². The zero-order valence-electron chi connectivity index (χ0n) is 12.7. The first-order valence-corrected chi connectivity index (χ1v) is 8.70. The molecule has 1 aromatic heterocycles. The Hall–Kier alpha value is -2.08. The van der Waals surface area contributed by atoms with Crippen LogP contribution in [-0.4, -0.2) is 33.0 Å². The van der Waals surface area contributed by atoms with Crippen molar-refractivity contribution in [2.75, 3.05) is 22.8 Å². The number of hydrogen-bond acceptors (Lipinski definition) is 4. The standard InChI is InChI=1S/C16H19N3O2S/c1-13-9-11-18(2)15-7-3-4-8-16(15)19(13)22(20,21)14-6-5-10-17-12-14/h3-8,10,12-13H,9,11H2,1-2H3/t13-/m0/s1. The van der Waals surface area contributed by atoms with Crippen molar-refractivity contribution in [2.24, 2.45) is 0 Å². The van der Waals surface area contributed by atoms with Crippen LogP contribution >= 0.6 is 0 Å². The third-order valence-corrected chi connectivity index (χ3v) is 5.92. The minimum absolute atomic E-state index is 0.115. The highest BCUT2D eigenvalue weighted by molar-refractivity contribution is 7.92. The fourth-order valence-electron chi connectivity index (χ4n) is 2.81. The molecule has 0 bridgehead atoms. The maximum Gasteiger partial charge on any atom is 0.266 e. The maximum absolute atomic E-state index is 13.1. The molecule has 0 fully saturated rings. The lowest BCUT2D eigenvalue weighted by Crippen LogP contribution is -2.38. The van der Waals surface area contributed by atoms with E-state index in [-0.39, 0.29) is 10.9 Å². The predicted molar refractivity (Wildman–Crippen MR) is 87.7 cm³/mol. The molecule has 0 spiro atoms. The van der Waals surface area contributed by atoms with E-state index in [1.54, 1.807) is 18.3 Å². The van der Waals surface area contributed by atoms with Crippen LogP contribution in [0.3, 0.4) is 0 Å². The highest BCUT2D eigenvalue weighted by Crippen LogP contribution is 2.37. The van der Waals surface area contributed by atoms with Crippen LogP contribution in [0.25, 0.3) is 0 Å². The zero-order valence-corrected chi connectivity index (χ0v) is 13.5. The van der Waals surface area contributed by atoms with E-state index in [9.17, 15) is 8.42 Å². The Labute approximate surface area is 131 Å². The summed E-state index contributed by atoms with van der Waals surface area (Å²) in [6.07, 6.45) is 3.75. The number of para-hydroxylation sites is 2. The van der Waals surface area contributed by atoms with Crippen LogP contribution in [0.2, 0.25) is 0 Å². The van der Waals surface area contributed by atoms with Gasteiger partial charge in [-0.3, -0.25) is 9.29 Å². The van der Waals surface area contributed by atoms with Crippen molar-refractivity contribution in [3.8, 4) is 0 Å². The Morgan fingerprint density at radius 2 is 1.86 bits per heavy atom. The summed E-state index contributed by atoms with van der Waals surface area (Å²) in [5, 5.41) is 0. The van der Waals surface area contributed by atoms with E-state index in [2.05, 4.69) is 9.88 Å². The molecule has 5 nitrogen and oxygen atoms in total. The fraction of sp³-hybridized carbons (Fsp3) is 0.312. The van der Waals surface area contributed by atoms with Gasteiger partial charge in [-0.2, -0.15) is 0 Å². The lowest BCUT2D eigenvalue weighted by atomic mass is 10.2. The summed E-state index contributed by atoms with van der Waals surface area (Å²) in [5.74, 6) is 0. The molecule has 0 radical (unpaired) electrons. The van der Waals surface area contributed by atoms with Gasteiger partial charge in [-0.05, 0) is 37.6 Å². The van der Waals surface area contributed by atoms with Gasteiger partial charge in [-0.1, -0.05) is 12.1 Å². The number of rotatable bonds is 2. The molecule has 2 aromatic rings. The van der Waals surface area contributed by atoms with Crippen LogP contribution < -0.4 is 9.21 Å². The number of fused-ring (bicyclic) bond motifs is 1. The van der Waals surface area contributed by atoms with Crippen molar-refractivity contribution < 1.29 is 8.42 Å². The van der Waals surface area contributed by atoms with Gasteiger partial charge in [-0.25, -0.2) is 8.42 Å². The number of sulfonamides is 1. The molecule has 22 heavy (non-hydrogen) atoms. The van der Waals surface area contributed by atoms with E-state index in [4.69, 9.17) is 0 Å². The normalized spacial score (nSPS) is 18.7. The Kier molecular flexibility index (Phi) is 3.78. The second-order valence-corrected chi connectivity index (χ2v) is 7.35. The lowest BCUT2D eigenvalue weighted by molar-refractivity contribution is 0.574. The molecule has 116 valence electrons. The van der Waals surface area contributed by atoms with Crippen LogP contribution in [0.1, 0.15) is 13.3 Å². The maximum atomic E-state index is 13.1. The average molecular weight is 317 g/mol. The fourth-order valence-corrected chi connectivity index (χ4v) is 4.47. The Balaban J connectivity index is 2.18. The summed E-state index contributed by atoms with van der Waals surface area (Å²) in [4.78, 5) is 6.27. The first kappa shape index (κ1) is 14.8. The SMILES string of the molecule is C[C@H]1CCN(C)c2ccccc2N1S(=O)(=O)c1cccnc1. The Morgan fingerprint density at radius 1 is 1.14 bits per heavy atom. The monoisotopic (exact) mass is 317 g/mol. The van der Waals surface area contributed by atoms with Crippen molar-refractivity contribution in [2.45, 2.75) is 24.3 Å². The molecule has 0 saturated heterocycles. The van der Waals surface area contributed by atoms with Crippen LogP contribution in [0.15, 0.2) is 53.7 Å². The molecule has 1 aliphatic heterocycles. The van der Waals surface area contributed by atoms with Crippen LogP contribution in [-0.2, 0) is 10.0 Å². The quantitative estimate of drug-likeness (QED) is 0.854. The molecular weight excluding hydrogens is 298 g/mol. The Morgan fingerprint density at radius 3 is 2.55 bits per heavy atom. The van der Waals surface area contributed by atoms with Gasteiger partial charge in [0.1, 0.15) is 4.90 Å². The van der Waals surface area contributed by atoms with E-state index in [0.29, 0.717) is 0 Å². The van der Waals surface area contributed by atoms with Gasteiger partial charge in [0.05, 0.1) is 11.4 Å². The van der Waals surface area contributed by atoms with E-state index in [0.717, 1.165) is 24.3 Å². The van der Waals surface area contributed by atoms with Crippen molar-refractivity contribution in [1.29, 1.82) is 0 Å². The molecule has 0 amide bonds. The largest absolute Gasteiger partial charge is 0.373 e. The minimum atomic E-state index is -3.63. The van der Waals surface area contributed by atoms with Gasteiger partial charge in [-0.15, -0.1) is 0 Å². The van der Waals surface area contributed by atoms with Crippen molar-refractivity contribution >= 4 is 21.4 Å². The molecule has 3 rings (SSSR count). The zero-order chi connectivity index (χ0) is 15.7. The van der Waals surface area contributed by atoms with E-state index in [1.165, 1.54) is 10.5 Å². The molecule has 2 heterocycles. The van der Waals surface area contributed by atoms with Gasteiger partial charge >= 0.3 is 0 Å². The first-order valence-electron chi connectivity index (χ1n) is 7.26. The van der Waals surface area contributed by atoms with Crippen molar-refractivity contribution in [1.82, 2.24) is 4.98 Å². The molecular formula is C16H19N3O2S. The molecule has 0 saturated carbocycles. The molecule has 1 aromatic carbocycles. The average Bonchev–Trinajstić information content (AvgIpc) is 2.66. The summed E-state index contributed by atoms with van der Waals surface area (Å²) < 4.78 is 27.7. The molecule has 1 aliphatic rings. The molecule has 0 N–H and O–H groups in total. The van der Waals surface area contributed by atoms with Gasteiger partial charge in [0.2, 0.25) is 0 Å². The molecule has 1 atom stereocenters. The number of hydrogen-bond donors (Lipinski definition) is 0. The highest BCUT2D eigenvalue weighted by atomic mass is 32.2. The third-order valence-electron chi connectivity index (χ3n) is 4.00. The number of anilines is 2. The second-order valence-electron chi connectivity index (χ2n) is 5.54. The van der Waals surface area contributed by atoms with Gasteiger partial charge in [0.15, 0.2) is 0 Å². The number of pyridine rings is 1. The summed E-state index contributed by atoms with van der Waals surface area (Å²) in [6, 6.07) is 10.7. The van der Waals surface area contributed by atoms with Gasteiger partial charge in [0, 0.05) is 32.0 Å². The molecule has 0 unspecified atom stereocenters. The van der Waals surface area contributed by atoms with E-state index in [1.807, 2.05) is 38.2 Å². The van der Waals surface area contributed by atoms with Crippen molar-refractivity contribution in [3.05, 3.63) is 48.8 Å². The lowest BCUT2D eigenvalue weighted by Gasteiger charge is -2.29. The number of benzene rings is 1. The first-order chi connectivity index (χ1) is 10.5. The summed E-state index contributed by atoms with van der Waals surface area (Å²) in [7, 11) is -1.64. The highest BCUT2D eigenvalue weighted by Gasteiger charge is 2.33. The summed E-state index contributed by atoms with van der Waals surface area (Å²) in [5.41, 5.74) is 1.65.